The van der Waals surface area contributed by atoms with Crippen LogP contribution in [0.5, 0.6) is 0 Å². The van der Waals surface area contributed by atoms with Crippen molar-refractivity contribution >= 4 is 34.1 Å². The van der Waals surface area contributed by atoms with Crippen LogP contribution in [0.25, 0.3) is 10.8 Å². The number of likely N-dealkylation sites (N-methyl/N-ethyl adjacent to an activating group) is 1. The average molecular weight is 468 g/mol. The van der Waals surface area contributed by atoms with Crippen molar-refractivity contribution in [2.75, 3.05) is 31.9 Å². The maximum absolute atomic E-state index is 12.7. The van der Waals surface area contributed by atoms with Crippen LogP contribution in [0.4, 0.5) is 5.82 Å². The zero-order valence-electron chi connectivity index (χ0n) is 19.4. The summed E-state index contributed by atoms with van der Waals surface area (Å²) in [6.07, 6.45) is 1.05. The summed E-state index contributed by atoms with van der Waals surface area (Å²) in [7, 11) is 0. The molecule has 0 fully saturated rings. The summed E-state index contributed by atoms with van der Waals surface area (Å²) in [5, 5.41) is 15.3. The zero-order chi connectivity index (χ0) is 24.1. The number of aliphatic hydroxyl groups excluding tert-OH is 1. The summed E-state index contributed by atoms with van der Waals surface area (Å²) < 4.78 is 0. The summed E-state index contributed by atoms with van der Waals surface area (Å²) in [4.78, 5) is 22.2. The van der Waals surface area contributed by atoms with Gasteiger partial charge >= 0.3 is 0 Å². The first kappa shape index (κ1) is 24.6. The van der Waals surface area contributed by atoms with Crippen LogP contribution in [-0.2, 0) is 0 Å². The number of aliphatic hydroxyl groups is 1. The molecule has 7 nitrogen and oxygen atoms in total. The lowest BCUT2D eigenvalue weighted by atomic mass is 10.1. The molecule has 174 valence electrons. The molecule has 1 atom stereocenters. The third-order valence-corrected chi connectivity index (χ3v) is 6.08. The molecule has 0 aliphatic heterocycles. The Kier molecular flexibility index (Phi) is 7.98. The van der Waals surface area contributed by atoms with Crippen LogP contribution >= 0.6 is 11.6 Å². The Bertz CT molecular complexity index is 1220. The van der Waals surface area contributed by atoms with Crippen molar-refractivity contribution in [3.05, 3.63) is 57.5 Å². The Morgan fingerprint density at radius 2 is 2.00 bits per heavy atom. The van der Waals surface area contributed by atoms with Gasteiger partial charge in [-0.15, -0.1) is 0 Å². The molecule has 0 saturated carbocycles. The van der Waals surface area contributed by atoms with Gasteiger partial charge in [0.15, 0.2) is 0 Å². The van der Waals surface area contributed by atoms with Crippen LogP contribution in [0.2, 0.25) is 5.02 Å². The van der Waals surface area contributed by atoms with Crippen molar-refractivity contribution < 1.29 is 9.90 Å². The number of carbonyl (C=O) groups is 1. The summed E-state index contributed by atoms with van der Waals surface area (Å²) in [6.45, 7) is 10.2. The molecule has 0 spiro atoms. The number of H-pyrrole nitrogens is 1. The second-order valence-corrected chi connectivity index (χ2v) is 8.41. The highest BCUT2D eigenvalue weighted by molar-refractivity contribution is 6.31. The predicted molar refractivity (Wildman–Crippen MR) is 134 cm³/mol. The van der Waals surface area contributed by atoms with Crippen LogP contribution in [0.15, 0.2) is 24.4 Å². The molecule has 3 rings (SSSR count). The van der Waals surface area contributed by atoms with Gasteiger partial charge in [0.05, 0.1) is 17.4 Å². The molecule has 0 saturated heterocycles. The first-order valence-electron chi connectivity index (χ1n) is 11.0. The monoisotopic (exact) mass is 467 g/mol. The summed E-state index contributed by atoms with van der Waals surface area (Å²) >= 11 is 6.16. The Balaban J connectivity index is 1.82. The number of nitrogens with two attached hydrogens (primary N) is 1. The first-order chi connectivity index (χ1) is 15.7. The van der Waals surface area contributed by atoms with Crippen molar-refractivity contribution in [3.8, 4) is 11.8 Å². The number of fused-ring (bicyclic) bond motifs is 1. The van der Waals surface area contributed by atoms with Gasteiger partial charge in [-0.05, 0) is 56.1 Å². The van der Waals surface area contributed by atoms with E-state index in [-0.39, 0.29) is 12.5 Å². The number of hydrogen-bond donors (Lipinski definition) is 4. The fourth-order valence-electron chi connectivity index (χ4n) is 3.64. The highest BCUT2D eigenvalue weighted by Gasteiger charge is 2.18. The molecule has 0 aliphatic carbocycles. The minimum Gasteiger partial charge on any atom is -0.390 e. The van der Waals surface area contributed by atoms with E-state index in [4.69, 9.17) is 17.3 Å². The van der Waals surface area contributed by atoms with Gasteiger partial charge in [-0.1, -0.05) is 37.4 Å². The molecule has 0 radical (unpaired) electrons. The molecule has 3 aromatic rings. The summed E-state index contributed by atoms with van der Waals surface area (Å²) in [5.41, 5.74) is 9.41. The molecule has 1 amide bonds. The van der Waals surface area contributed by atoms with Gasteiger partial charge in [0, 0.05) is 35.1 Å². The number of carbonyl (C=O) groups excluding carboxylic acids is 1. The van der Waals surface area contributed by atoms with Gasteiger partial charge in [-0.2, -0.15) is 0 Å². The fraction of sp³-hybridized carbons (Fsp3) is 0.360. The third-order valence-electron chi connectivity index (χ3n) is 5.85. The molecular weight excluding hydrogens is 438 g/mol. The lowest BCUT2D eigenvalue weighted by Crippen LogP contribution is -2.40. The molecule has 1 aromatic carbocycles. The zero-order valence-corrected chi connectivity index (χ0v) is 20.2. The van der Waals surface area contributed by atoms with Crippen molar-refractivity contribution in [1.82, 2.24) is 20.2 Å². The maximum Gasteiger partial charge on any atom is 0.268 e. The molecule has 1 unspecified atom stereocenters. The second-order valence-electron chi connectivity index (χ2n) is 7.97. The Labute approximate surface area is 199 Å². The maximum atomic E-state index is 12.7. The minimum absolute atomic E-state index is 0.173. The second kappa shape index (κ2) is 10.7. The van der Waals surface area contributed by atoms with E-state index in [1.165, 1.54) is 0 Å². The molecule has 8 heteroatoms. The van der Waals surface area contributed by atoms with E-state index < -0.39 is 6.10 Å². The first-order valence-corrected chi connectivity index (χ1v) is 11.4. The number of amides is 1. The van der Waals surface area contributed by atoms with Gasteiger partial charge in [-0.3, -0.25) is 4.79 Å². The predicted octanol–water partition coefficient (Wildman–Crippen LogP) is 3.25. The van der Waals surface area contributed by atoms with Crippen LogP contribution in [0, 0.1) is 25.7 Å². The van der Waals surface area contributed by atoms with E-state index in [1.54, 1.807) is 12.3 Å². The number of aromatic nitrogens is 2. The van der Waals surface area contributed by atoms with Gasteiger partial charge < -0.3 is 26.0 Å². The number of halogens is 1. The van der Waals surface area contributed by atoms with E-state index in [0.29, 0.717) is 34.3 Å². The van der Waals surface area contributed by atoms with Gasteiger partial charge in [0.2, 0.25) is 0 Å². The van der Waals surface area contributed by atoms with E-state index in [0.717, 1.165) is 35.0 Å². The fourth-order valence-corrected chi connectivity index (χ4v) is 3.81. The van der Waals surface area contributed by atoms with Crippen molar-refractivity contribution in [2.45, 2.75) is 33.8 Å². The summed E-state index contributed by atoms with van der Waals surface area (Å²) in [6, 6.07) is 5.48. The van der Waals surface area contributed by atoms with Crippen molar-refractivity contribution in [3.63, 3.8) is 0 Å². The topological polar surface area (TPSA) is 107 Å². The molecule has 0 bridgehead atoms. The number of aromatic amines is 1. The Hall–Kier alpha value is -3.05. The normalized spacial score (nSPS) is 12.0. The highest BCUT2D eigenvalue weighted by atomic mass is 35.5. The lowest BCUT2D eigenvalue weighted by molar-refractivity contribution is 0.0865. The third kappa shape index (κ3) is 5.66. The number of nitrogens with one attached hydrogen (secondary N) is 2. The SMILES string of the molecule is CCN(CC)CC(O)CNC(=O)c1[nH]c(C#Cc2c(N)ncc3ccc(Cl)cc23)c(C)c1C. The molecule has 0 aliphatic rings. The van der Waals surface area contributed by atoms with E-state index in [2.05, 4.69) is 32.0 Å². The van der Waals surface area contributed by atoms with Crippen molar-refractivity contribution in [1.29, 1.82) is 0 Å². The number of nitrogen functional groups attached to an aromatic ring is 1. The quantitative estimate of drug-likeness (QED) is 0.399. The average Bonchev–Trinajstić information content (AvgIpc) is 3.09. The number of benzene rings is 1. The van der Waals surface area contributed by atoms with Crippen LogP contribution in [0.3, 0.4) is 0 Å². The molecular formula is C25H30ClN5O2. The number of nitrogens with zero attached hydrogens (tertiary/aromatic N) is 2. The minimum atomic E-state index is -0.641. The van der Waals surface area contributed by atoms with Crippen molar-refractivity contribution in [2.24, 2.45) is 0 Å². The van der Waals surface area contributed by atoms with Gasteiger partial charge in [0.1, 0.15) is 11.5 Å². The number of anilines is 1. The lowest BCUT2D eigenvalue weighted by Gasteiger charge is -2.21. The van der Waals surface area contributed by atoms with E-state index >= 15 is 0 Å². The summed E-state index contributed by atoms with van der Waals surface area (Å²) in [5.74, 6) is 6.24. The van der Waals surface area contributed by atoms with Crippen LogP contribution in [-0.4, -0.2) is 58.2 Å². The van der Waals surface area contributed by atoms with E-state index in [1.807, 2.05) is 39.8 Å². The Morgan fingerprint density at radius 3 is 2.70 bits per heavy atom. The molecule has 5 N–H and O–H groups in total. The van der Waals surface area contributed by atoms with E-state index in [9.17, 15) is 9.90 Å². The number of pyridine rings is 1. The van der Waals surface area contributed by atoms with Gasteiger partial charge in [0.25, 0.3) is 5.91 Å². The molecule has 2 heterocycles. The Morgan fingerprint density at radius 1 is 1.27 bits per heavy atom. The largest absolute Gasteiger partial charge is 0.390 e. The number of rotatable bonds is 7. The standard InChI is InChI=1S/C25H30ClN5O2/c1-5-31(6-2)14-19(32)13-29-25(33)23-16(4)15(3)22(30-23)10-9-20-21-11-18(26)8-7-17(21)12-28-24(20)27/h7-8,11-12,19,30,32H,5-6,13-14H2,1-4H3,(H2,27,28)(H,29,33). The highest BCUT2D eigenvalue weighted by Crippen LogP contribution is 2.25. The van der Waals surface area contributed by atoms with Gasteiger partial charge in [-0.25, -0.2) is 4.98 Å². The van der Waals surface area contributed by atoms with Crippen LogP contribution < -0.4 is 11.1 Å². The molecule has 33 heavy (non-hydrogen) atoms. The molecule has 2 aromatic heterocycles. The number of hydrogen-bond acceptors (Lipinski definition) is 5. The van der Waals surface area contributed by atoms with Crippen LogP contribution in [0.1, 0.15) is 46.7 Å². The smallest absolute Gasteiger partial charge is 0.268 e.